The van der Waals surface area contributed by atoms with Crippen molar-refractivity contribution < 1.29 is 23.8 Å². The van der Waals surface area contributed by atoms with Gasteiger partial charge in [0.2, 0.25) is 12.7 Å². The van der Waals surface area contributed by atoms with Gasteiger partial charge in [0.15, 0.2) is 11.5 Å². The molecular weight excluding hydrogens is 372 g/mol. The van der Waals surface area contributed by atoms with Crippen molar-refractivity contribution in [2.24, 2.45) is 0 Å². The zero-order chi connectivity index (χ0) is 20.2. The molecule has 1 fully saturated rings. The van der Waals surface area contributed by atoms with Crippen LogP contribution in [0, 0.1) is 0 Å². The number of methoxy groups -OCH3 is 1. The fraction of sp³-hybridized carbons (Fsp3) is 0.364. The lowest BCUT2D eigenvalue weighted by Crippen LogP contribution is -2.47. The minimum absolute atomic E-state index is 0.0537. The van der Waals surface area contributed by atoms with Crippen LogP contribution in [-0.2, 0) is 11.2 Å². The molecule has 7 nitrogen and oxygen atoms in total. The number of fused-ring (bicyclic) bond motifs is 1. The molecule has 2 aliphatic rings. The number of nitrogens with one attached hydrogen (secondary N) is 1. The number of hydrogen-bond donors (Lipinski definition) is 1. The number of piperidine rings is 1. The molecule has 0 spiro atoms. The lowest BCUT2D eigenvalue weighted by atomic mass is 10.0. The van der Waals surface area contributed by atoms with E-state index < -0.39 is 0 Å². The van der Waals surface area contributed by atoms with Gasteiger partial charge in [-0.05, 0) is 48.7 Å². The van der Waals surface area contributed by atoms with Gasteiger partial charge in [-0.1, -0.05) is 12.1 Å². The Balaban J connectivity index is 1.26. The van der Waals surface area contributed by atoms with Crippen LogP contribution in [0.25, 0.3) is 0 Å². The molecule has 0 aromatic heterocycles. The predicted molar refractivity (Wildman–Crippen MR) is 106 cm³/mol. The highest BCUT2D eigenvalue weighted by molar-refractivity contribution is 5.95. The van der Waals surface area contributed by atoms with E-state index in [0.29, 0.717) is 36.6 Å². The fourth-order valence-corrected chi connectivity index (χ4v) is 3.61. The first-order valence-electron chi connectivity index (χ1n) is 9.73. The number of amides is 2. The predicted octanol–water partition coefficient (Wildman–Crippen LogP) is 2.39. The number of rotatable bonds is 5. The molecule has 2 aromatic carbocycles. The first-order chi connectivity index (χ1) is 14.1. The van der Waals surface area contributed by atoms with E-state index in [1.807, 2.05) is 29.2 Å². The Morgan fingerprint density at radius 1 is 1.07 bits per heavy atom. The number of nitrogens with zero attached hydrogens (tertiary/aromatic N) is 1. The van der Waals surface area contributed by atoms with E-state index >= 15 is 0 Å². The van der Waals surface area contributed by atoms with Crippen molar-refractivity contribution in [1.82, 2.24) is 10.2 Å². The van der Waals surface area contributed by atoms with Crippen molar-refractivity contribution in [3.8, 4) is 17.2 Å². The summed E-state index contributed by atoms with van der Waals surface area (Å²) in [5.74, 6) is 2.00. The number of carbonyl (C=O) groups is 2. The Kier molecular flexibility index (Phi) is 5.55. The van der Waals surface area contributed by atoms with Crippen LogP contribution in [0.4, 0.5) is 0 Å². The number of hydrogen-bond acceptors (Lipinski definition) is 5. The van der Waals surface area contributed by atoms with Gasteiger partial charge in [0.05, 0.1) is 13.5 Å². The summed E-state index contributed by atoms with van der Waals surface area (Å²) in [6.07, 6.45) is 1.85. The summed E-state index contributed by atoms with van der Waals surface area (Å²) in [4.78, 5) is 27.0. The highest BCUT2D eigenvalue weighted by atomic mass is 16.7. The summed E-state index contributed by atoms with van der Waals surface area (Å²) >= 11 is 0. The van der Waals surface area contributed by atoms with Gasteiger partial charge >= 0.3 is 0 Å². The van der Waals surface area contributed by atoms with Crippen LogP contribution >= 0.6 is 0 Å². The number of likely N-dealkylation sites (tertiary alicyclic amines) is 1. The third-order valence-corrected chi connectivity index (χ3v) is 5.33. The van der Waals surface area contributed by atoms with Crippen molar-refractivity contribution in [2.45, 2.75) is 25.3 Å². The molecule has 29 heavy (non-hydrogen) atoms. The van der Waals surface area contributed by atoms with E-state index in [-0.39, 0.29) is 24.6 Å². The average molecular weight is 396 g/mol. The second kappa shape index (κ2) is 8.43. The fourth-order valence-electron chi connectivity index (χ4n) is 3.61. The van der Waals surface area contributed by atoms with E-state index in [2.05, 4.69) is 5.32 Å². The number of carbonyl (C=O) groups excluding carboxylic acids is 2. The molecule has 2 aromatic rings. The van der Waals surface area contributed by atoms with Crippen molar-refractivity contribution in [3.63, 3.8) is 0 Å². The molecule has 0 saturated carbocycles. The van der Waals surface area contributed by atoms with Crippen molar-refractivity contribution in [3.05, 3.63) is 53.6 Å². The third kappa shape index (κ3) is 4.45. The van der Waals surface area contributed by atoms with Gasteiger partial charge in [-0.15, -0.1) is 0 Å². The highest BCUT2D eigenvalue weighted by Crippen LogP contribution is 2.32. The van der Waals surface area contributed by atoms with Gasteiger partial charge in [0, 0.05) is 24.7 Å². The summed E-state index contributed by atoms with van der Waals surface area (Å²) in [6, 6.07) is 12.8. The van der Waals surface area contributed by atoms with Gasteiger partial charge in [-0.25, -0.2) is 0 Å². The van der Waals surface area contributed by atoms with Gasteiger partial charge in [-0.3, -0.25) is 9.59 Å². The van der Waals surface area contributed by atoms with Crippen LogP contribution < -0.4 is 19.5 Å². The normalized spacial score (nSPS) is 15.8. The zero-order valence-corrected chi connectivity index (χ0v) is 16.3. The van der Waals surface area contributed by atoms with Crippen LogP contribution in [-0.4, -0.2) is 49.7 Å². The van der Waals surface area contributed by atoms with Crippen molar-refractivity contribution >= 4 is 11.8 Å². The summed E-state index contributed by atoms with van der Waals surface area (Å²) in [5.41, 5.74) is 1.52. The Hall–Kier alpha value is -3.22. The molecule has 2 amide bonds. The van der Waals surface area contributed by atoms with Gasteiger partial charge in [0.25, 0.3) is 5.91 Å². The SMILES string of the molecule is COc1ccc(CC(=O)N2CCC(NC(=O)c3ccc4c(c3)OCO4)CC2)cc1. The molecule has 1 saturated heterocycles. The Labute approximate surface area is 169 Å². The van der Waals surface area contributed by atoms with Gasteiger partial charge in [0.1, 0.15) is 5.75 Å². The molecule has 2 heterocycles. The van der Waals surface area contributed by atoms with Crippen LogP contribution in [0.3, 0.4) is 0 Å². The lowest BCUT2D eigenvalue weighted by molar-refractivity contribution is -0.131. The molecular formula is C22H24N2O5. The smallest absolute Gasteiger partial charge is 0.251 e. The molecule has 152 valence electrons. The summed E-state index contributed by atoms with van der Waals surface area (Å²) < 4.78 is 15.7. The van der Waals surface area contributed by atoms with Gasteiger partial charge < -0.3 is 24.4 Å². The second-order valence-corrected chi connectivity index (χ2v) is 7.22. The van der Waals surface area contributed by atoms with E-state index in [4.69, 9.17) is 14.2 Å². The molecule has 0 bridgehead atoms. The summed E-state index contributed by atoms with van der Waals surface area (Å²) in [6.45, 7) is 1.46. The van der Waals surface area contributed by atoms with E-state index in [1.165, 1.54) is 0 Å². The molecule has 1 N–H and O–H groups in total. The molecule has 0 aliphatic carbocycles. The number of benzene rings is 2. The standard InChI is InChI=1S/C22H24N2O5/c1-27-18-5-2-15(3-6-18)12-21(25)24-10-8-17(9-11-24)23-22(26)16-4-7-19-20(13-16)29-14-28-19/h2-7,13,17H,8-12,14H2,1H3,(H,23,26). The first kappa shape index (κ1) is 19.1. The molecule has 2 aliphatic heterocycles. The Bertz CT molecular complexity index is 889. The maximum atomic E-state index is 12.6. The molecule has 4 rings (SSSR count). The third-order valence-electron chi connectivity index (χ3n) is 5.33. The monoisotopic (exact) mass is 396 g/mol. The van der Waals surface area contributed by atoms with E-state index in [9.17, 15) is 9.59 Å². The average Bonchev–Trinajstić information content (AvgIpc) is 3.22. The minimum atomic E-state index is -0.133. The zero-order valence-electron chi connectivity index (χ0n) is 16.3. The molecule has 0 radical (unpaired) electrons. The van der Waals surface area contributed by atoms with Crippen LogP contribution in [0.2, 0.25) is 0 Å². The van der Waals surface area contributed by atoms with Crippen molar-refractivity contribution in [1.29, 1.82) is 0 Å². The van der Waals surface area contributed by atoms with Gasteiger partial charge in [-0.2, -0.15) is 0 Å². The first-order valence-corrected chi connectivity index (χ1v) is 9.73. The summed E-state index contributed by atoms with van der Waals surface area (Å²) in [5, 5.41) is 3.06. The van der Waals surface area contributed by atoms with Crippen LogP contribution in [0.5, 0.6) is 17.2 Å². The van der Waals surface area contributed by atoms with Crippen molar-refractivity contribution in [2.75, 3.05) is 27.0 Å². The lowest BCUT2D eigenvalue weighted by Gasteiger charge is -2.32. The molecule has 7 heteroatoms. The van der Waals surface area contributed by atoms with E-state index in [1.54, 1.807) is 25.3 Å². The van der Waals surface area contributed by atoms with E-state index in [0.717, 1.165) is 24.2 Å². The maximum Gasteiger partial charge on any atom is 0.251 e. The van der Waals surface area contributed by atoms with Crippen LogP contribution in [0.1, 0.15) is 28.8 Å². The second-order valence-electron chi connectivity index (χ2n) is 7.22. The maximum absolute atomic E-state index is 12.6. The summed E-state index contributed by atoms with van der Waals surface area (Å²) in [7, 11) is 1.62. The molecule has 0 unspecified atom stereocenters. The largest absolute Gasteiger partial charge is 0.497 e. The quantitative estimate of drug-likeness (QED) is 0.840. The highest BCUT2D eigenvalue weighted by Gasteiger charge is 2.25. The minimum Gasteiger partial charge on any atom is -0.497 e. The number of ether oxygens (including phenoxy) is 3. The Morgan fingerprint density at radius 3 is 2.52 bits per heavy atom. The van der Waals surface area contributed by atoms with Crippen LogP contribution in [0.15, 0.2) is 42.5 Å². The molecule has 0 atom stereocenters. The Morgan fingerprint density at radius 2 is 1.79 bits per heavy atom. The topological polar surface area (TPSA) is 77.1 Å².